The molecule has 8 heteroatoms. The van der Waals surface area contributed by atoms with Gasteiger partial charge in [-0.05, 0) is 139 Å². The quantitative estimate of drug-likeness (QED) is 0.0955. The number of allylic oxidation sites excluding steroid dienone is 1. The van der Waals surface area contributed by atoms with Crippen LogP contribution >= 0.6 is 23.5 Å². The van der Waals surface area contributed by atoms with Crippen LogP contribution in [-0.4, -0.2) is 46.2 Å². The normalized spacial score (nSPS) is 17.1. The Balaban J connectivity index is 1.53. The Bertz CT molecular complexity index is 1600. The van der Waals surface area contributed by atoms with Crippen molar-refractivity contribution in [2.75, 3.05) is 18.1 Å². The fraction of sp³-hybridized carbons (Fsp3) is 0.545. The maximum absolute atomic E-state index is 12.7. The predicted octanol–water partition coefficient (Wildman–Crippen LogP) is 11.7. The van der Waals surface area contributed by atoms with Gasteiger partial charge in [0, 0.05) is 27.4 Å². The highest BCUT2D eigenvalue weighted by atomic mass is 32.2. The molecule has 0 amide bonds. The number of carbonyl (C=O) groups is 2. The first-order chi connectivity index (χ1) is 24.7. The van der Waals surface area contributed by atoms with Crippen molar-refractivity contribution < 1.29 is 28.5 Å². The van der Waals surface area contributed by atoms with Gasteiger partial charge in [-0.25, -0.2) is 9.59 Å². The highest BCUT2D eigenvalue weighted by Gasteiger charge is 2.33. The van der Waals surface area contributed by atoms with Crippen LogP contribution < -0.4 is 9.47 Å². The summed E-state index contributed by atoms with van der Waals surface area (Å²) in [5, 5.41) is 1.18. The van der Waals surface area contributed by atoms with Gasteiger partial charge in [0.2, 0.25) is 0 Å². The number of aryl methyl sites for hydroxylation is 4. The highest BCUT2D eigenvalue weighted by molar-refractivity contribution is 8.00. The minimum Gasteiger partial charge on any atom is -0.489 e. The summed E-state index contributed by atoms with van der Waals surface area (Å²) in [7, 11) is 0. The van der Waals surface area contributed by atoms with Gasteiger partial charge in [0.25, 0.3) is 0 Å². The van der Waals surface area contributed by atoms with Crippen LogP contribution in [0.5, 0.6) is 11.5 Å². The van der Waals surface area contributed by atoms with Crippen LogP contribution in [0.25, 0.3) is 11.1 Å². The molecule has 0 radical (unpaired) electrons. The second kappa shape index (κ2) is 19.3. The fourth-order valence-corrected chi connectivity index (χ4v) is 9.53. The van der Waals surface area contributed by atoms with E-state index >= 15 is 0 Å². The van der Waals surface area contributed by atoms with Crippen LogP contribution in [0.4, 0.5) is 0 Å². The molecule has 0 N–H and O–H groups in total. The SMILES string of the molecule is C=C(C)C(=O)O/C(C)=C(/CSC1CCCCC1)Oc1c(C)cc(-c2cc(C)c(OCC(C)(CSC3CCCCC3)OC(=O)C(=C)C)c(C)c2)cc1C. The molecule has 284 valence electrons. The van der Waals surface area contributed by atoms with Crippen molar-refractivity contribution in [3.8, 4) is 22.6 Å². The Morgan fingerprint density at radius 3 is 1.65 bits per heavy atom. The summed E-state index contributed by atoms with van der Waals surface area (Å²) in [5.41, 5.74) is 6.13. The lowest BCUT2D eigenvalue weighted by Gasteiger charge is -2.32. The zero-order valence-electron chi connectivity index (χ0n) is 32.8. The molecule has 0 heterocycles. The number of ether oxygens (including phenoxy) is 4. The van der Waals surface area contributed by atoms with Crippen molar-refractivity contribution in [2.24, 2.45) is 0 Å². The first-order valence-electron chi connectivity index (χ1n) is 18.9. The number of esters is 2. The molecule has 0 spiro atoms. The zero-order valence-corrected chi connectivity index (χ0v) is 34.5. The number of carbonyl (C=O) groups excluding carboxylic acids is 2. The monoisotopic (exact) mass is 748 g/mol. The minimum atomic E-state index is -0.789. The third kappa shape index (κ3) is 12.0. The summed E-state index contributed by atoms with van der Waals surface area (Å²) in [5.74, 6) is 3.19. The van der Waals surface area contributed by atoms with E-state index < -0.39 is 11.6 Å². The number of hydrogen-bond acceptors (Lipinski definition) is 8. The van der Waals surface area contributed by atoms with Gasteiger partial charge in [-0.15, -0.1) is 0 Å². The van der Waals surface area contributed by atoms with E-state index in [9.17, 15) is 9.59 Å². The van der Waals surface area contributed by atoms with E-state index in [1.54, 1.807) is 20.8 Å². The van der Waals surface area contributed by atoms with Crippen molar-refractivity contribution in [1.29, 1.82) is 0 Å². The Morgan fingerprint density at radius 2 is 1.17 bits per heavy atom. The third-order valence-electron chi connectivity index (χ3n) is 9.85. The lowest BCUT2D eigenvalue weighted by atomic mass is 9.96. The standard InChI is InChI=1S/C44H60O6S2/c1-28(2)42(45)48-34(9)39(25-51-37-17-13-11-14-18-37)49-41-32(7)23-36(24-33(41)8)35-21-30(5)40(31(6)22-35)47-26-44(10,50-43(46)29(3)4)27-52-38-19-15-12-16-20-38/h21-24,37-38H,1,3,11-20,25-27H2,2,4-10H3/b39-34-. The van der Waals surface area contributed by atoms with Gasteiger partial charge in [0.1, 0.15) is 23.9 Å². The molecule has 0 saturated heterocycles. The van der Waals surface area contributed by atoms with Crippen molar-refractivity contribution in [3.63, 3.8) is 0 Å². The maximum Gasteiger partial charge on any atom is 0.338 e. The second-order valence-electron chi connectivity index (χ2n) is 15.2. The van der Waals surface area contributed by atoms with Crippen molar-refractivity contribution in [2.45, 2.75) is 136 Å². The Kier molecular flexibility index (Phi) is 15.5. The van der Waals surface area contributed by atoms with Crippen LogP contribution in [-0.2, 0) is 19.1 Å². The van der Waals surface area contributed by atoms with Crippen LogP contribution in [0.3, 0.4) is 0 Å². The molecule has 2 aromatic carbocycles. The summed E-state index contributed by atoms with van der Waals surface area (Å²) in [6.45, 7) is 23.1. The molecule has 0 bridgehead atoms. The number of hydrogen-bond donors (Lipinski definition) is 0. The first kappa shape index (κ1) is 41.7. The van der Waals surface area contributed by atoms with Crippen LogP contribution in [0.15, 0.2) is 60.1 Å². The van der Waals surface area contributed by atoms with Gasteiger partial charge < -0.3 is 18.9 Å². The average molecular weight is 749 g/mol. The minimum absolute atomic E-state index is 0.257. The molecule has 6 nitrogen and oxygen atoms in total. The van der Waals surface area contributed by atoms with Crippen molar-refractivity contribution >= 4 is 35.5 Å². The molecular weight excluding hydrogens is 689 g/mol. The van der Waals surface area contributed by atoms with Gasteiger partial charge in [-0.1, -0.05) is 51.7 Å². The largest absolute Gasteiger partial charge is 0.489 e. The smallest absolute Gasteiger partial charge is 0.338 e. The molecule has 2 saturated carbocycles. The lowest BCUT2D eigenvalue weighted by molar-refractivity contribution is -0.153. The Labute approximate surface area is 321 Å². The van der Waals surface area contributed by atoms with Crippen LogP contribution in [0.2, 0.25) is 0 Å². The molecule has 0 aliphatic heterocycles. The third-order valence-corrected chi connectivity index (χ3v) is 12.9. The lowest BCUT2D eigenvalue weighted by Crippen LogP contribution is -2.41. The molecule has 1 unspecified atom stereocenters. The van der Waals surface area contributed by atoms with E-state index in [1.165, 1.54) is 64.2 Å². The summed E-state index contributed by atoms with van der Waals surface area (Å²) < 4.78 is 24.8. The molecule has 0 aromatic heterocycles. The predicted molar refractivity (Wildman–Crippen MR) is 219 cm³/mol. The van der Waals surface area contributed by atoms with E-state index in [4.69, 9.17) is 18.9 Å². The van der Waals surface area contributed by atoms with Gasteiger partial charge in [0.05, 0.1) is 5.75 Å². The summed E-state index contributed by atoms with van der Waals surface area (Å²) >= 11 is 3.78. The van der Waals surface area contributed by atoms with E-state index in [2.05, 4.69) is 65.1 Å². The molecule has 2 aromatic rings. The number of rotatable bonds is 16. The molecule has 1 atom stereocenters. The average Bonchev–Trinajstić information content (AvgIpc) is 3.10. The number of thioether (sulfide) groups is 2. The summed E-state index contributed by atoms with van der Waals surface area (Å²) in [4.78, 5) is 25.1. The van der Waals surface area contributed by atoms with E-state index in [0.29, 0.717) is 44.7 Å². The molecule has 2 fully saturated rings. The maximum atomic E-state index is 12.7. The topological polar surface area (TPSA) is 71.1 Å². The van der Waals surface area contributed by atoms with Crippen molar-refractivity contribution in [3.05, 3.63) is 82.3 Å². The molecule has 4 rings (SSSR count). The molecular formula is C44H60O6S2. The Morgan fingerprint density at radius 1 is 0.712 bits per heavy atom. The van der Waals surface area contributed by atoms with E-state index in [1.807, 2.05) is 30.4 Å². The van der Waals surface area contributed by atoms with Crippen molar-refractivity contribution in [1.82, 2.24) is 0 Å². The van der Waals surface area contributed by atoms with Gasteiger partial charge in [0.15, 0.2) is 11.4 Å². The van der Waals surface area contributed by atoms with Gasteiger partial charge >= 0.3 is 11.9 Å². The molecule has 2 aliphatic carbocycles. The van der Waals surface area contributed by atoms with Crippen LogP contribution in [0, 0.1) is 27.7 Å². The number of benzene rings is 2. The first-order valence-corrected chi connectivity index (χ1v) is 21.0. The summed E-state index contributed by atoms with van der Waals surface area (Å²) in [6, 6.07) is 8.60. The van der Waals surface area contributed by atoms with Gasteiger partial charge in [-0.3, -0.25) is 0 Å². The van der Waals surface area contributed by atoms with Gasteiger partial charge in [-0.2, -0.15) is 23.5 Å². The van der Waals surface area contributed by atoms with Crippen LogP contribution in [0.1, 0.15) is 114 Å². The zero-order chi connectivity index (χ0) is 38.0. The van der Waals surface area contributed by atoms with E-state index in [-0.39, 0.29) is 12.6 Å². The second-order valence-corrected chi connectivity index (χ2v) is 17.8. The highest BCUT2D eigenvalue weighted by Crippen LogP contribution is 2.38. The van der Waals surface area contributed by atoms with E-state index in [0.717, 1.165) is 44.9 Å². The fourth-order valence-electron chi connectivity index (χ4n) is 6.82. The molecule has 52 heavy (non-hydrogen) atoms. The molecule has 2 aliphatic rings. The summed E-state index contributed by atoms with van der Waals surface area (Å²) in [6.07, 6.45) is 12.5. The Hall–Kier alpha value is -3.10.